The summed E-state index contributed by atoms with van der Waals surface area (Å²) in [4.78, 5) is 13.8. The highest BCUT2D eigenvalue weighted by Gasteiger charge is 2.10. The Bertz CT molecular complexity index is 1150. The third-order valence-electron chi connectivity index (χ3n) is 4.63. The number of tetrazole rings is 1. The van der Waals surface area contributed by atoms with Crippen LogP contribution in [0.2, 0.25) is 0 Å². The highest BCUT2D eigenvalue weighted by atomic mass is 19.1. The van der Waals surface area contributed by atoms with Crippen molar-refractivity contribution in [2.45, 2.75) is 6.42 Å². The molecule has 0 saturated carbocycles. The quantitative estimate of drug-likeness (QED) is 0.579. The number of hydrogen-bond acceptors (Lipinski definition) is 4. The summed E-state index contributed by atoms with van der Waals surface area (Å²) >= 11 is 0. The molecule has 142 valence electrons. The number of halogens is 1. The van der Waals surface area contributed by atoms with Crippen LogP contribution in [-0.4, -0.2) is 37.2 Å². The van der Waals surface area contributed by atoms with Gasteiger partial charge in [0, 0.05) is 41.8 Å². The van der Waals surface area contributed by atoms with Gasteiger partial charge in [-0.05, 0) is 47.5 Å². The number of carbonyl (C=O) groups is 1. The Morgan fingerprint density at radius 3 is 2.64 bits per heavy atom. The number of aryl methyl sites for hydroxylation is 2. The molecule has 0 atom stereocenters. The highest BCUT2D eigenvalue weighted by molar-refractivity contribution is 5.94. The summed E-state index contributed by atoms with van der Waals surface area (Å²) in [5.41, 5.74) is 3.32. The van der Waals surface area contributed by atoms with Gasteiger partial charge in [-0.3, -0.25) is 4.79 Å². The van der Waals surface area contributed by atoms with Crippen molar-refractivity contribution in [1.29, 1.82) is 0 Å². The minimum absolute atomic E-state index is 0.162. The molecule has 8 heteroatoms. The Morgan fingerprint density at radius 2 is 1.93 bits per heavy atom. The predicted molar refractivity (Wildman–Crippen MR) is 103 cm³/mol. The van der Waals surface area contributed by atoms with E-state index in [1.165, 1.54) is 16.9 Å². The molecule has 0 saturated heterocycles. The second kappa shape index (κ2) is 7.22. The van der Waals surface area contributed by atoms with Crippen LogP contribution >= 0.6 is 0 Å². The van der Waals surface area contributed by atoms with Crippen LogP contribution in [0.15, 0.2) is 48.7 Å². The van der Waals surface area contributed by atoms with Crippen LogP contribution < -0.4 is 5.32 Å². The van der Waals surface area contributed by atoms with Crippen molar-refractivity contribution in [1.82, 2.24) is 30.1 Å². The molecule has 0 fully saturated rings. The molecular formula is C20H19FN6O. The maximum atomic E-state index is 13.6. The van der Waals surface area contributed by atoms with Gasteiger partial charge >= 0.3 is 0 Å². The van der Waals surface area contributed by atoms with Crippen molar-refractivity contribution in [3.63, 3.8) is 0 Å². The second-order valence-corrected chi connectivity index (χ2v) is 6.61. The fraction of sp³-hybridized carbons (Fsp3) is 0.200. The van der Waals surface area contributed by atoms with E-state index < -0.39 is 0 Å². The molecule has 1 amide bonds. The zero-order valence-electron chi connectivity index (χ0n) is 15.6. The lowest BCUT2D eigenvalue weighted by atomic mass is 10.1. The van der Waals surface area contributed by atoms with Gasteiger partial charge < -0.3 is 9.88 Å². The molecule has 0 bridgehead atoms. The molecule has 2 aromatic heterocycles. The first-order valence-corrected chi connectivity index (χ1v) is 8.87. The molecule has 7 nitrogen and oxygen atoms in total. The molecule has 0 spiro atoms. The minimum atomic E-state index is -0.262. The number of carbonyl (C=O) groups excluding carboxylic acids is 1. The Hall–Kier alpha value is -3.55. The average Bonchev–Trinajstić information content (AvgIpc) is 3.25. The fourth-order valence-corrected chi connectivity index (χ4v) is 3.23. The summed E-state index contributed by atoms with van der Waals surface area (Å²) in [6, 6.07) is 11.8. The lowest BCUT2D eigenvalue weighted by Crippen LogP contribution is -2.25. The first-order valence-electron chi connectivity index (χ1n) is 8.87. The molecule has 2 aromatic carbocycles. The van der Waals surface area contributed by atoms with Crippen LogP contribution in [0.5, 0.6) is 0 Å². The number of nitrogens with one attached hydrogen (secondary N) is 1. The van der Waals surface area contributed by atoms with E-state index in [-0.39, 0.29) is 11.7 Å². The molecular weight excluding hydrogens is 359 g/mol. The summed E-state index contributed by atoms with van der Waals surface area (Å²) in [5.74, 6) is 0.0874. The van der Waals surface area contributed by atoms with E-state index in [4.69, 9.17) is 0 Å². The highest BCUT2D eigenvalue weighted by Crippen LogP contribution is 2.22. The number of amides is 1. The van der Waals surface area contributed by atoms with Crippen LogP contribution in [0, 0.1) is 5.82 Å². The SMILES string of the molecule is Cn1nnc(-c2ccc(C(=O)NCCc3cn(C)c4ccc(F)cc34)cc2)n1. The molecule has 0 radical (unpaired) electrons. The van der Waals surface area contributed by atoms with E-state index >= 15 is 0 Å². The van der Waals surface area contributed by atoms with Gasteiger partial charge in [-0.1, -0.05) is 12.1 Å². The number of aromatic nitrogens is 5. The number of benzene rings is 2. The largest absolute Gasteiger partial charge is 0.352 e. The van der Waals surface area contributed by atoms with Crippen molar-refractivity contribution < 1.29 is 9.18 Å². The van der Waals surface area contributed by atoms with Crippen molar-refractivity contribution >= 4 is 16.8 Å². The van der Waals surface area contributed by atoms with Gasteiger partial charge in [0.05, 0.1) is 7.05 Å². The molecule has 0 aliphatic rings. The maximum absolute atomic E-state index is 13.6. The molecule has 2 heterocycles. The van der Waals surface area contributed by atoms with E-state index in [0.717, 1.165) is 22.0 Å². The third-order valence-corrected chi connectivity index (χ3v) is 4.63. The number of hydrogen-bond donors (Lipinski definition) is 1. The molecule has 0 unspecified atom stereocenters. The average molecular weight is 378 g/mol. The summed E-state index contributed by atoms with van der Waals surface area (Å²) in [6.45, 7) is 0.460. The smallest absolute Gasteiger partial charge is 0.251 e. The lowest BCUT2D eigenvalue weighted by Gasteiger charge is -2.05. The van der Waals surface area contributed by atoms with Crippen molar-refractivity contribution in [2.24, 2.45) is 14.1 Å². The topological polar surface area (TPSA) is 77.6 Å². The van der Waals surface area contributed by atoms with E-state index in [0.29, 0.717) is 24.4 Å². The summed E-state index contributed by atoms with van der Waals surface area (Å²) in [6.07, 6.45) is 2.59. The van der Waals surface area contributed by atoms with Gasteiger partial charge in [0.2, 0.25) is 5.82 Å². The number of rotatable bonds is 5. The van der Waals surface area contributed by atoms with Crippen molar-refractivity contribution in [2.75, 3.05) is 6.54 Å². The molecule has 0 aliphatic heterocycles. The molecule has 28 heavy (non-hydrogen) atoms. The number of nitrogens with zero attached hydrogens (tertiary/aromatic N) is 5. The first-order chi connectivity index (χ1) is 13.5. The van der Waals surface area contributed by atoms with Crippen LogP contribution in [0.1, 0.15) is 15.9 Å². The van der Waals surface area contributed by atoms with Gasteiger partial charge in [-0.2, -0.15) is 4.80 Å². The van der Waals surface area contributed by atoms with Gasteiger partial charge in [0.25, 0.3) is 5.91 Å². The molecule has 4 rings (SSSR count). The fourth-order valence-electron chi connectivity index (χ4n) is 3.23. The van der Waals surface area contributed by atoms with Crippen molar-refractivity contribution in [3.05, 3.63) is 65.6 Å². The zero-order chi connectivity index (χ0) is 19.7. The van der Waals surface area contributed by atoms with Crippen LogP contribution in [0.25, 0.3) is 22.3 Å². The van der Waals surface area contributed by atoms with Crippen molar-refractivity contribution in [3.8, 4) is 11.4 Å². The van der Waals surface area contributed by atoms with E-state index in [1.54, 1.807) is 37.4 Å². The normalized spacial score (nSPS) is 11.1. The van der Waals surface area contributed by atoms with Gasteiger partial charge in [0.1, 0.15) is 5.82 Å². The first kappa shape index (κ1) is 17.8. The monoisotopic (exact) mass is 378 g/mol. The van der Waals surface area contributed by atoms with E-state index in [1.807, 2.05) is 17.8 Å². The maximum Gasteiger partial charge on any atom is 0.251 e. The second-order valence-electron chi connectivity index (χ2n) is 6.61. The lowest BCUT2D eigenvalue weighted by molar-refractivity contribution is 0.0954. The third kappa shape index (κ3) is 3.48. The van der Waals surface area contributed by atoms with Crippen LogP contribution in [-0.2, 0) is 20.5 Å². The van der Waals surface area contributed by atoms with Crippen LogP contribution in [0.3, 0.4) is 0 Å². The number of fused-ring (bicyclic) bond motifs is 1. The Kier molecular flexibility index (Phi) is 4.60. The van der Waals surface area contributed by atoms with Gasteiger partial charge in [-0.15, -0.1) is 10.2 Å². The molecule has 4 aromatic rings. The summed E-state index contributed by atoms with van der Waals surface area (Å²) in [5, 5.41) is 15.7. The Balaban J connectivity index is 1.40. The Morgan fingerprint density at radius 1 is 1.14 bits per heavy atom. The van der Waals surface area contributed by atoms with Crippen LogP contribution in [0.4, 0.5) is 4.39 Å². The van der Waals surface area contributed by atoms with E-state index in [9.17, 15) is 9.18 Å². The van der Waals surface area contributed by atoms with Gasteiger partial charge in [-0.25, -0.2) is 4.39 Å². The molecule has 1 N–H and O–H groups in total. The van der Waals surface area contributed by atoms with Gasteiger partial charge in [0.15, 0.2) is 0 Å². The summed E-state index contributed by atoms with van der Waals surface area (Å²) in [7, 11) is 3.62. The Labute approximate surface area is 160 Å². The minimum Gasteiger partial charge on any atom is -0.352 e. The van der Waals surface area contributed by atoms with E-state index in [2.05, 4.69) is 20.7 Å². The predicted octanol–water partition coefficient (Wildman–Crippen LogP) is 2.48. The molecule has 0 aliphatic carbocycles. The summed E-state index contributed by atoms with van der Waals surface area (Å²) < 4.78 is 15.5. The zero-order valence-corrected chi connectivity index (χ0v) is 15.6. The standard InChI is InChI=1S/C20H19FN6O/c1-26-12-15(17-11-16(21)7-8-18(17)26)9-10-22-20(28)14-5-3-13(4-6-14)19-23-25-27(2)24-19/h3-8,11-12H,9-10H2,1-2H3,(H,22,28).